The molecule has 0 aliphatic carbocycles. The summed E-state index contributed by atoms with van der Waals surface area (Å²) >= 11 is 1.24. The Morgan fingerprint density at radius 3 is 2.67 bits per heavy atom. The first-order valence-electron chi connectivity index (χ1n) is 7.00. The number of nitrogens with zero attached hydrogens (tertiary/aromatic N) is 1. The molecule has 0 saturated carbocycles. The Hall–Kier alpha value is -1.56. The number of amides is 1. The summed E-state index contributed by atoms with van der Waals surface area (Å²) < 4.78 is 0. The van der Waals surface area contributed by atoms with E-state index in [1.54, 1.807) is 0 Å². The second-order valence-corrected chi connectivity index (χ2v) is 6.41. The third-order valence-corrected chi connectivity index (χ3v) is 3.84. The number of nitrogens with one attached hydrogen (secondary N) is 1. The van der Waals surface area contributed by atoms with Crippen LogP contribution in [0.4, 0.5) is 0 Å². The zero-order chi connectivity index (χ0) is 15.8. The van der Waals surface area contributed by atoms with E-state index in [2.05, 4.69) is 24.1 Å². The van der Waals surface area contributed by atoms with Crippen molar-refractivity contribution in [3.63, 3.8) is 0 Å². The highest BCUT2D eigenvalue weighted by Gasteiger charge is 2.10. The van der Waals surface area contributed by atoms with Crippen molar-refractivity contribution in [1.29, 1.82) is 0 Å². The second kappa shape index (κ2) is 8.67. The molecule has 0 spiro atoms. The zero-order valence-corrected chi connectivity index (χ0v) is 13.4. The van der Waals surface area contributed by atoms with Gasteiger partial charge in [-0.2, -0.15) is 0 Å². The second-order valence-electron chi connectivity index (χ2n) is 5.42. The van der Waals surface area contributed by atoms with Crippen molar-refractivity contribution >= 4 is 23.6 Å². The number of thioether (sulfide) groups is 1. The number of hydrogen-bond donors (Lipinski definition) is 2. The van der Waals surface area contributed by atoms with Crippen molar-refractivity contribution in [3.05, 3.63) is 23.9 Å². The van der Waals surface area contributed by atoms with Gasteiger partial charge in [-0.25, -0.2) is 9.78 Å². The highest BCUT2D eigenvalue weighted by atomic mass is 32.2. The molecule has 0 aliphatic heterocycles. The summed E-state index contributed by atoms with van der Waals surface area (Å²) in [6.45, 7) is 6.31. The SMILES string of the molecule is CC(C)CCC(C)NC(=O)CSc1cc(C(=O)O)ccn1. The van der Waals surface area contributed by atoms with Crippen molar-refractivity contribution in [2.75, 3.05) is 5.75 Å². The van der Waals surface area contributed by atoms with Crippen molar-refractivity contribution in [2.45, 2.75) is 44.7 Å². The van der Waals surface area contributed by atoms with E-state index in [0.29, 0.717) is 10.9 Å². The molecular weight excluding hydrogens is 288 g/mol. The number of carboxylic acids is 1. The summed E-state index contributed by atoms with van der Waals surface area (Å²) in [6, 6.07) is 3.06. The molecule has 0 aliphatic rings. The van der Waals surface area contributed by atoms with Gasteiger partial charge >= 0.3 is 5.97 Å². The molecule has 1 amide bonds. The van der Waals surface area contributed by atoms with Crippen LogP contribution >= 0.6 is 11.8 Å². The summed E-state index contributed by atoms with van der Waals surface area (Å²) in [4.78, 5) is 26.7. The van der Waals surface area contributed by atoms with Crippen LogP contribution in [0.5, 0.6) is 0 Å². The van der Waals surface area contributed by atoms with Gasteiger partial charge in [0.25, 0.3) is 0 Å². The molecule has 1 aromatic rings. The number of pyridine rings is 1. The number of carbonyl (C=O) groups excluding carboxylic acids is 1. The lowest BCUT2D eigenvalue weighted by atomic mass is 10.0. The summed E-state index contributed by atoms with van der Waals surface area (Å²) in [6.07, 6.45) is 3.48. The van der Waals surface area contributed by atoms with Crippen LogP contribution in [-0.2, 0) is 4.79 Å². The number of aromatic nitrogens is 1. The smallest absolute Gasteiger partial charge is 0.335 e. The molecule has 1 aromatic heterocycles. The van der Waals surface area contributed by atoms with Gasteiger partial charge in [0, 0.05) is 12.2 Å². The van der Waals surface area contributed by atoms with Gasteiger partial charge in [0.05, 0.1) is 16.3 Å². The molecule has 1 unspecified atom stereocenters. The highest BCUT2D eigenvalue weighted by molar-refractivity contribution is 7.99. The monoisotopic (exact) mass is 310 g/mol. The van der Waals surface area contributed by atoms with E-state index in [0.717, 1.165) is 12.8 Å². The molecule has 21 heavy (non-hydrogen) atoms. The molecule has 1 heterocycles. The van der Waals surface area contributed by atoms with E-state index in [9.17, 15) is 9.59 Å². The average molecular weight is 310 g/mol. The summed E-state index contributed by atoms with van der Waals surface area (Å²) in [7, 11) is 0. The first-order chi connectivity index (χ1) is 9.88. The van der Waals surface area contributed by atoms with Gasteiger partial charge in [0.15, 0.2) is 0 Å². The Morgan fingerprint density at radius 1 is 1.33 bits per heavy atom. The van der Waals surface area contributed by atoms with Crippen LogP contribution in [0.3, 0.4) is 0 Å². The van der Waals surface area contributed by atoms with Gasteiger partial charge in [-0.05, 0) is 37.8 Å². The Morgan fingerprint density at radius 2 is 2.05 bits per heavy atom. The van der Waals surface area contributed by atoms with Gasteiger partial charge in [-0.15, -0.1) is 0 Å². The van der Waals surface area contributed by atoms with E-state index < -0.39 is 5.97 Å². The number of aromatic carboxylic acids is 1. The van der Waals surface area contributed by atoms with Crippen LogP contribution in [0.1, 0.15) is 44.0 Å². The van der Waals surface area contributed by atoms with E-state index in [4.69, 9.17) is 5.11 Å². The van der Waals surface area contributed by atoms with Crippen LogP contribution in [0.25, 0.3) is 0 Å². The maximum absolute atomic E-state index is 11.8. The van der Waals surface area contributed by atoms with E-state index in [1.807, 2.05) is 6.92 Å². The molecule has 1 rings (SSSR count). The predicted octanol–water partition coefficient (Wildman–Crippen LogP) is 2.81. The van der Waals surface area contributed by atoms with Gasteiger partial charge < -0.3 is 10.4 Å². The minimum absolute atomic E-state index is 0.0567. The normalized spacial score (nSPS) is 12.2. The number of carbonyl (C=O) groups is 2. The van der Waals surface area contributed by atoms with Crippen LogP contribution in [0, 0.1) is 5.92 Å². The number of hydrogen-bond acceptors (Lipinski definition) is 4. The summed E-state index contributed by atoms with van der Waals surface area (Å²) in [5, 5.41) is 12.4. The number of carboxylic acid groups (broad SMARTS) is 1. The minimum Gasteiger partial charge on any atom is -0.478 e. The third kappa shape index (κ3) is 7.13. The number of rotatable bonds is 8. The van der Waals surface area contributed by atoms with E-state index >= 15 is 0 Å². The molecule has 5 nitrogen and oxygen atoms in total. The molecule has 116 valence electrons. The summed E-state index contributed by atoms with van der Waals surface area (Å²) in [5.74, 6) is -0.186. The molecule has 6 heteroatoms. The highest BCUT2D eigenvalue weighted by Crippen LogP contribution is 2.16. The average Bonchev–Trinajstić information content (AvgIpc) is 2.43. The molecule has 0 aromatic carbocycles. The Bertz CT molecular complexity index is 492. The maximum atomic E-state index is 11.8. The summed E-state index contributed by atoms with van der Waals surface area (Å²) in [5.41, 5.74) is 0.179. The lowest BCUT2D eigenvalue weighted by molar-refractivity contribution is -0.119. The van der Waals surface area contributed by atoms with Crippen molar-refractivity contribution < 1.29 is 14.7 Å². The van der Waals surface area contributed by atoms with Crippen LogP contribution in [0.2, 0.25) is 0 Å². The molecular formula is C15H22N2O3S. The minimum atomic E-state index is -0.994. The quantitative estimate of drug-likeness (QED) is 0.722. The van der Waals surface area contributed by atoms with Crippen molar-refractivity contribution in [3.8, 4) is 0 Å². The van der Waals surface area contributed by atoms with Crippen molar-refractivity contribution in [1.82, 2.24) is 10.3 Å². The van der Waals surface area contributed by atoms with Crippen LogP contribution < -0.4 is 5.32 Å². The fourth-order valence-corrected chi connectivity index (χ4v) is 2.44. The van der Waals surface area contributed by atoms with Gasteiger partial charge in [-0.3, -0.25) is 4.79 Å². The first kappa shape index (κ1) is 17.5. The standard InChI is InChI=1S/C15H22N2O3S/c1-10(2)4-5-11(3)17-13(18)9-21-14-8-12(15(19)20)6-7-16-14/h6-8,10-11H,4-5,9H2,1-3H3,(H,17,18)(H,19,20). The molecule has 0 radical (unpaired) electrons. The Balaban J connectivity index is 2.39. The first-order valence-corrected chi connectivity index (χ1v) is 7.98. The van der Waals surface area contributed by atoms with Crippen molar-refractivity contribution in [2.24, 2.45) is 5.92 Å². The van der Waals surface area contributed by atoms with E-state index in [-0.39, 0.29) is 23.3 Å². The van der Waals surface area contributed by atoms with Crippen LogP contribution in [0.15, 0.2) is 23.4 Å². The largest absolute Gasteiger partial charge is 0.478 e. The fourth-order valence-electron chi connectivity index (χ4n) is 1.73. The fraction of sp³-hybridized carbons (Fsp3) is 0.533. The van der Waals surface area contributed by atoms with Gasteiger partial charge in [0.1, 0.15) is 0 Å². The molecule has 0 fully saturated rings. The third-order valence-electron chi connectivity index (χ3n) is 2.92. The van der Waals surface area contributed by atoms with Gasteiger partial charge in [0.2, 0.25) is 5.91 Å². The molecule has 1 atom stereocenters. The van der Waals surface area contributed by atoms with Gasteiger partial charge in [-0.1, -0.05) is 25.6 Å². The molecule has 2 N–H and O–H groups in total. The maximum Gasteiger partial charge on any atom is 0.335 e. The lowest BCUT2D eigenvalue weighted by Crippen LogP contribution is -2.34. The molecule has 0 bridgehead atoms. The lowest BCUT2D eigenvalue weighted by Gasteiger charge is -2.14. The predicted molar refractivity (Wildman–Crippen MR) is 83.6 cm³/mol. The van der Waals surface area contributed by atoms with E-state index in [1.165, 1.54) is 30.1 Å². The molecule has 0 saturated heterocycles. The Kier molecular flexibility index (Phi) is 7.22. The topological polar surface area (TPSA) is 79.3 Å². The zero-order valence-electron chi connectivity index (χ0n) is 12.6. The van der Waals surface area contributed by atoms with Crippen LogP contribution in [-0.4, -0.2) is 33.8 Å². The Labute approximate surface area is 129 Å².